The Bertz CT molecular complexity index is 287. The molecule has 0 aliphatic rings. The summed E-state index contributed by atoms with van der Waals surface area (Å²) < 4.78 is 40.9. The summed E-state index contributed by atoms with van der Waals surface area (Å²) in [5.74, 6) is -1.25. The molecule has 0 saturated carbocycles. The minimum absolute atomic E-state index is 0.0650. The fraction of sp³-hybridized carbons (Fsp3) is 0.429. The highest BCUT2D eigenvalue weighted by atomic mass is 19.4. The molecule has 0 aliphatic carbocycles. The van der Waals surface area contributed by atoms with Crippen LogP contribution in [0.25, 0.3) is 0 Å². The Morgan fingerprint density at radius 2 is 2.15 bits per heavy atom. The van der Waals surface area contributed by atoms with E-state index in [2.05, 4.69) is 9.97 Å². The summed E-state index contributed by atoms with van der Waals surface area (Å²) in [6, 6.07) is 1.28. The van der Waals surface area contributed by atoms with E-state index in [1.54, 1.807) is 6.92 Å². The van der Waals surface area contributed by atoms with Gasteiger partial charge in [0.2, 0.25) is 11.7 Å². The fourth-order valence-corrected chi connectivity index (χ4v) is 0.707. The van der Waals surface area contributed by atoms with Crippen molar-refractivity contribution in [1.82, 2.24) is 9.97 Å². The van der Waals surface area contributed by atoms with Crippen molar-refractivity contribution >= 4 is 0 Å². The predicted molar refractivity (Wildman–Crippen MR) is 38.2 cm³/mol. The van der Waals surface area contributed by atoms with Crippen LogP contribution in [0.15, 0.2) is 12.3 Å². The molecule has 0 aromatic carbocycles. The van der Waals surface area contributed by atoms with Crippen LogP contribution in [0.1, 0.15) is 12.7 Å². The van der Waals surface area contributed by atoms with E-state index in [1.165, 1.54) is 6.07 Å². The van der Waals surface area contributed by atoms with Crippen LogP contribution in [-0.2, 0) is 6.18 Å². The fourth-order valence-electron chi connectivity index (χ4n) is 0.707. The molecule has 1 heterocycles. The van der Waals surface area contributed by atoms with Crippen LogP contribution in [0.5, 0.6) is 5.88 Å². The van der Waals surface area contributed by atoms with Gasteiger partial charge >= 0.3 is 6.18 Å². The summed E-state index contributed by atoms with van der Waals surface area (Å²) in [6.07, 6.45) is -3.51. The monoisotopic (exact) mass is 192 g/mol. The van der Waals surface area contributed by atoms with Crippen LogP contribution < -0.4 is 4.74 Å². The van der Waals surface area contributed by atoms with Crippen molar-refractivity contribution in [2.75, 3.05) is 6.61 Å². The van der Waals surface area contributed by atoms with Crippen molar-refractivity contribution in [2.45, 2.75) is 13.1 Å². The van der Waals surface area contributed by atoms with Crippen LogP contribution in [-0.4, -0.2) is 16.6 Å². The molecule has 6 heteroatoms. The zero-order valence-electron chi connectivity index (χ0n) is 6.80. The molecule has 0 saturated heterocycles. The first-order valence-corrected chi connectivity index (χ1v) is 3.57. The zero-order chi connectivity index (χ0) is 9.90. The number of rotatable bonds is 2. The van der Waals surface area contributed by atoms with Crippen molar-refractivity contribution < 1.29 is 17.9 Å². The normalized spacial score (nSPS) is 11.4. The van der Waals surface area contributed by atoms with Gasteiger partial charge in [-0.05, 0) is 6.92 Å². The van der Waals surface area contributed by atoms with Gasteiger partial charge in [-0.2, -0.15) is 18.2 Å². The van der Waals surface area contributed by atoms with Gasteiger partial charge in [-0.3, -0.25) is 0 Å². The van der Waals surface area contributed by atoms with Gasteiger partial charge in [-0.1, -0.05) is 0 Å². The van der Waals surface area contributed by atoms with E-state index in [1.807, 2.05) is 0 Å². The van der Waals surface area contributed by atoms with Gasteiger partial charge in [-0.25, -0.2) is 4.98 Å². The number of ether oxygens (including phenoxy) is 1. The molecule has 1 aromatic rings. The second kappa shape index (κ2) is 3.59. The third-order valence-electron chi connectivity index (χ3n) is 1.18. The Labute approximate surface area is 72.6 Å². The van der Waals surface area contributed by atoms with Crippen molar-refractivity contribution in [3.8, 4) is 5.88 Å². The summed E-state index contributed by atoms with van der Waals surface area (Å²) in [6.45, 7) is 1.93. The number of aromatic nitrogens is 2. The van der Waals surface area contributed by atoms with E-state index < -0.39 is 12.0 Å². The number of halogens is 3. The van der Waals surface area contributed by atoms with Gasteiger partial charge in [0.25, 0.3) is 0 Å². The van der Waals surface area contributed by atoms with E-state index >= 15 is 0 Å². The van der Waals surface area contributed by atoms with Crippen molar-refractivity contribution in [2.24, 2.45) is 0 Å². The third-order valence-corrected chi connectivity index (χ3v) is 1.18. The van der Waals surface area contributed by atoms with Crippen LogP contribution in [0, 0.1) is 0 Å². The summed E-state index contributed by atoms with van der Waals surface area (Å²) in [5, 5.41) is 0. The number of hydrogen-bond donors (Lipinski definition) is 0. The molecular weight excluding hydrogens is 185 g/mol. The van der Waals surface area contributed by atoms with Crippen LogP contribution in [0.2, 0.25) is 0 Å². The van der Waals surface area contributed by atoms with E-state index in [0.29, 0.717) is 0 Å². The molecule has 0 spiro atoms. The highest BCUT2D eigenvalue weighted by molar-refractivity contribution is 5.09. The van der Waals surface area contributed by atoms with Gasteiger partial charge in [0.1, 0.15) is 0 Å². The maximum atomic E-state index is 12.0. The number of nitrogens with zero attached hydrogens (tertiary/aromatic N) is 2. The molecule has 1 aromatic heterocycles. The Morgan fingerprint density at radius 1 is 1.46 bits per heavy atom. The van der Waals surface area contributed by atoms with Crippen LogP contribution in [0.3, 0.4) is 0 Å². The largest absolute Gasteiger partial charge is 0.478 e. The maximum absolute atomic E-state index is 12.0. The van der Waals surface area contributed by atoms with Crippen LogP contribution >= 0.6 is 0 Å². The molecule has 0 N–H and O–H groups in total. The predicted octanol–water partition coefficient (Wildman–Crippen LogP) is 1.89. The summed E-state index contributed by atoms with van der Waals surface area (Å²) in [7, 11) is 0. The standard InChI is InChI=1S/C7H7F3N2O/c1-2-13-5-3-4-11-6(12-5)7(8,9)10/h3-4H,2H2,1H3. The second-order valence-corrected chi connectivity index (χ2v) is 2.15. The van der Waals surface area contributed by atoms with E-state index in [9.17, 15) is 13.2 Å². The molecule has 0 aliphatic heterocycles. The first-order valence-electron chi connectivity index (χ1n) is 3.57. The molecule has 3 nitrogen and oxygen atoms in total. The molecule has 0 fully saturated rings. The lowest BCUT2D eigenvalue weighted by Crippen LogP contribution is -2.11. The number of hydrogen-bond acceptors (Lipinski definition) is 3. The summed E-state index contributed by atoms with van der Waals surface area (Å²) in [5.41, 5.74) is 0. The first kappa shape index (κ1) is 9.76. The van der Waals surface area contributed by atoms with E-state index in [4.69, 9.17) is 4.74 Å². The molecule has 0 bridgehead atoms. The molecule has 13 heavy (non-hydrogen) atoms. The molecular formula is C7H7F3N2O. The molecule has 0 unspecified atom stereocenters. The molecule has 0 atom stereocenters. The molecule has 72 valence electrons. The van der Waals surface area contributed by atoms with Gasteiger partial charge in [0.15, 0.2) is 0 Å². The average Bonchev–Trinajstić information content (AvgIpc) is 2.04. The Morgan fingerprint density at radius 3 is 2.69 bits per heavy atom. The smallest absolute Gasteiger partial charge is 0.451 e. The Balaban J connectivity index is 2.92. The zero-order valence-corrected chi connectivity index (χ0v) is 6.80. The van der Waals surface area contributed by atoms with Crippen molar-refractivity contribution in [3.63, 3.8) is 0 Å². The highest BCUT2D eigenvalue weighted by Gasteiger charge is 2.34. The van der Waals surface area contributed by atoms with Gasteiger partial charge in [-0.15, -0.1) is 0 Å². The first-order chi connectivity index (χ1) is 6.04. The van der Waals surface area contributed by atoms with Crippen molar-refractivity contribution in [1.29, 1.82) is 0 Å². The second-order valence-electron chi connectivity index (χ2n) is 2.15. The molecule has 0 amide bonds. The van der Waals surface area contributed by atoms with Gasteiger partial charge < -0.3 is 4.74 Å². The lowest BCUT2D eigenvalue weighted by molar-refractivity contribution is -0.145. The minimum Gasteiger partial charge on any atom is -0.478 e. The molecule has 1 rings (SSSR count). The Kier molecular flexibility index (Phi) is 2.69. The minimum atomic E-state index is -4.52. The lowest BCUT2D eigenvalue weighted by Gasteiger charge is -2.06. The quantitative estimate of drug-likeness (QED) is 0.717. The Hall–Kier alpha value is -1.33. The average molecular weight is 192 g/mol. The number of alkyl halides is 3. The maximum Gasteiger partial charge on any atom is 0.451 e. The van der Waals surface area contributed by atoms with Crippen molar-refractivity contribution in [3.05, 3.63) is 18.1 Å². The molecule has 0 radical (unpaired) electrons. The summed E-state index contributed by atoms with van der Waals surface area (Å²) >= 11 is 0. The van der Waals surface area contributed by atoms with Crippen LogP contribution in [0.4, 0.5) is 13.2 Å². The topological polar surface area (TPSA) is 35.0 Å². The van der Waals surface area contributed by atoms with E-state index in [0.717, 1.165) is 6.20 Å². The van der Waals surface area contributed by atoms with Gasteiger partial charge in [0, 0.05) is 12.3 Å². The lowest BCUT2D eigenvalue weighted by atomic mass is 10.5. The third kappa shape index (κ3) is 2.57. The van der Waals surface area contributed by atoms with Gasteiger partial charge in [0.05, 0.1) is 6.61 Å². The SMILES string of the molecule is CCOc1ccnc(C(F)(F)F)n1. The highest BCUT2D eigenvalue weighted by Crippen LogP contribution is 2.26. The van der Waals surface area contributed by atoms with E-state index in [-0.39, 0.29) is 12.5 Å². The summed E-state index contributed by atoms with van der Waals surface area (Å²) in [4.78, 5) is 6.25.